The largest absolute Gasteiger partial charge is 0.336 e. The van der Waals surface area contributed by atoms with E-state index in [2.05, 4.69) is 27.1 Å². The molecular weight excluding hydrogens is 219 g/mol. The number of hydrogen-bond donors (Lipinski definition) is 1. The van der Waals surface area contributed by atoms with Crippen molar-refractivity contribution >= 4 is 5.95 Å². The quantitative estimate of drug-likeness (QED) is 0.868. The molecule has 1 aliphatic rings. The van der Waals surface area contributed by atoms with E-state index in [1.165, 1.54) is 18.8 Å². The van der Waals surface area contributed by atoms with Gasteiger partial charge in [-0.25, -0.2) is 14.4 Å². The maximum absolute atomic E-state index is 12.8. The average Bonchev–Trinajstić information content (AvgIpc) is 2.39. The molecule has 0 radical (unpaired) electrons. The first kappa shape index (κ1) is 12.2. The number of anilines is 1. The van der Waals surface area contributed by atoms with Crippen LogP contribution >= 0.6 is 0 Å². The Morgan fingerprint density at radius 1 is 1.41 bits per heavy atom. The van der Waals surface area contributed by atoms with Crippen LogP contribution in [0.15, 0.2) is 12.4 Å². The molecule has 4 nitrogen and oxygen atoms in total. The van der Waals surface area contributed by atoms with Crippen LogP contribution in [0.1, 0.15) is 26.2 Å². The van der Waals surface area contributed by atoms with Gasteiger partial charge in [0.2, 0.25) is 5.95 Å². The number of nitrogens with one attached hydrogen (secondary N) is 1. The van der Waals surface area contributed by atoms with E-state index in [0.29, 0.717) is 18.0 Å². The van der Waals surface area contributed by atoms with Crippen molar-refractivity contribution in [3.05, 3.63) is 18.2 Å². The molecule has 94 valence electrons. The van der Waals surface area contributed by atoms with Crippen LogP contribution < -0.4 is 10.2 Å². The van der Waals surface area contributed by atoms with Crippen LogP contribution in [0.4, 0.5) is 10.3 Å². The van der Waals surface area contributed by atoms with E-state index in [1.54, 1.807) is 0 Å². The first-order valence-electron chi connectivity index (χ1n) is 6.14. The van der Waals surface area contributed by atoms with Gasteiger partial charge in [0.1, 0.15) is 0 Å². The van der Waals surface area contributed by atoms with E-state index < -0.39 is 0 Å². The summed E-state index contributed by atoms with van der Waals surface area (Å²) in [6.07, 6.45) is 5.97. The molecule has 2 heterocycles. The van der Waals surface area contributed by atoms with E-state index in [0.717, 1.165) is 19.4 Å². The lowest BCUT2D eigenvalue weighted by atomic mass is 9.97. The first-order chi connectivity index (χ1) is 8.22. The standard InChI is InChI=1S/C12H19FN4/c1-9(14-2)11-5-3-4-6-17(11)12-15-7-10(13)8-16-12/h7-9,11,14H,3-6H2,1-2H3. The van der Waals surface area contributed by atoms with Gasteiger partial charge >= 0.3 is 0 Å². The fraction of sp³-hybridized carbons (Fsp3) is 0.667. The summed E-state index contributed by atoms with van der Waals surface area (Å²) in [6, 6.07) is 0.767. The van der Waals surface area contributed by atoms with E-state index >= 15 is 0 Å². The van der Waals surface area contributed by atoms with Crippen molar-refractivity contribution < 1.29 is 4.39 Å². The second-order valence-corrected chi connectivity index (χ2v) is 4.54. The Bertz CT molecular complexity index is 354. The third kappa shape index (κ3) is 2.72. The summed E-state index contributed by atoms with van der Waals surface area (Å²) in [6.45, 7) is 3.11. The first-order valence-corrected chi connectivity index (χ1v) is 6.14. The maximum atomic E-state index is 12.8. The Labute approximate surface area is 101 Å². The lowest BCUT2D eigenvalue weighted by Gasteiger charge is -2.39. The molecule has 2 atom stereocenters. The molecule has 0 amide bonds. The summed E-state index contributed by atoms with van der Waals surface area (Å²) < 4.78 is 12.8. The molecule has 0 spiro atoms. The topological polar surface area (TPSA) is 41.0 Å². The SMILES string of the molecule is CNC(C)C1CCCCN1c1ncc(F)cn1. The summed E-state index contributed by atoms with van der Waals surface area (Å²) in [4.78, 5) is 10.3. The Morgan fingerprint density at radius 3 is 2.76 bits per heavy atom. The molecule has 1 saturated heterocycles. The zero-order valence-electron chi connectivity index (χ0n) is 10.4. The van der Waals surface area contributed by atoms with Crippen molar-refractivity contribution in [2.75, 3.05) is 18.5 Å². The predicted octanol–water partition coefficient (Wildman–Crippen LogP) is 1.58. The lowest BCUT2D eigenvalue weighted by Crippen LogP contribution is -2.51. The monoisotopic (exact) mass is 238 g/mol. The van der Waals surface area contributed by atoms with Crippen molar-refractivity contribution in [1.29, 1.82) is 0 Å². The van der Waals surface area contributed by atoms with Gasteiger partial charge in [-0.2, -0.15) is 0 Å². The van der Waals surface area contributed by atoms with Crippen LogP contribution in [0.3, 0.4) is 0 Å². The van der Waals surface area contributed by atoms with E-state index in [-0.39, 0.29) is 5.82 Å². The van der Waals surface area contributed by atoms with Crippen LogP contribution in [-0.2, 0) is 0 Å². The lowest BCUT2D eigenvalue weighted by molar-refractivity contribution is 0.377. The Balaban J connectivity index is 2.18. The van der Waals surface area contributed by atoms with Gasteiger partial charge in [0.15, 0.2) is 5.82 Å². The summed E-state index contributed by atoms with van der Waals surface area (Å²) in [5.41, 5.74) is 0. The van der Waals surface area contributed by atoms with Crippen LogP contribution in [0.25, 0.3) is 0 Å². The summed E-state index contributed by atoms with van der Waals surface area (Å²) in [7, 11) is 1.96. The highest BCUT2D eigenvalue weighted by Crippen LogP contribution is 2.23. The van der Waals surface area contributed by atoms with Gasteiger partial charge in [0.05, 0.1) is 12.4 Å². The van der Waals surface area contributed by atoms with Gasteiger partial charge in [0.25, 0.3) is 0 Å². The van der Waals surface area contributed by atoms with Gasteiger partial charge < -0.3 is 10.2 Å². The van der Waals surface area contributed by atoms with Gasteiger partial charge in [-0.15, -0.1) is 0 Å². The molecule has 0 saturated carbocycles. The number of aromatic nitrogens is 2. The fourth-order valence-corrected chi connectivity index (χ4v) is 2.37. The fourth-order valence-electron chi connectivity index (χ4n) is 2.37. The molecule has 1 aromatic rings. The second-order valence-electron chi connectivity index (χ2n) is 4.54. The van der Waals surface area contributed by atoms with Crippen LogP contribution in [-0.4, -0.2) is 35.6 Å². The maximum Gasteiger partial charge on any atom is 0.225 e. The van der Waals surface area contributed by atoms with E-state index in [4.69, 9.17) is 0 Å². The molecule has 2 rings (SSSR count). The average molecular weight is 238 g/mol. The van der Waals surface area contributed by atoms with Crippen LogP contribution in [0.2, 0.25) is 0 Å². The number of nitrogens with zero attached hydrogens (tertiary/aromatic N) is 3. The zero-order chi connectivity index (χ0) is 12.3. The summed E-state index contributed by atoms with van der Waals surface area (Å²) >= 11 is 0. The highest BCUT2D eigenvalue weighted by atomic mass is 19.1. The smallest absolute Gasteiger partial charge is 0.225 e. The minimum Gasteiger partial charge on any atom is -0.336 e. The molecule has 1 N–H and O–H groups in total. The summed E-state index contributed by atoms with van der Waals surface area (Å²) in [5, 5.41) is 3.27. The predicted molar refractivity (Wildman–Crippen MR) is 65.5 cm³/mol. The number of hydrogen-bond acceptors (Lipinski definition) is 4. The number of likely N-dealkylation sites (N-methyl/N-ethyl adjacent to an activating group) is 1. The van der Waals surface area contributed by atoms with Crippen molar-refractivity contribution in [3.8, 4) is 0 Å². The van der Waals surface area contributed by atoms with Gasteiger partial charge in [-0.1, -0.05) is 0 Å². The van der Waals surface area contributed by atoms with Gasteiger partial charge in [-0.05, 0) is 33.2 Å². The second kappa shape index (κ2) is 5.40. The van der Waals surface area contributed by atoms with Gasteiger partial charge in [-0.3, -0.25) is 0 Å². The number of piperidine rings is 1. The molecular formula is C12H19FN4. The molecule has 0 aromatic carbocycles. The van der Waals surface area contributed by atoms with Crippen molar-refractivity contribution in [2.45, 2.75) is 38.3 Å². The molecule has 5 heteroatoms. The third-order valence-corrected chi connectivity index (χ3v) is 3.45. The minimum absolute atomic E-state index is 0.379. The Kier molecular flexibility index (Phi) is 3.89. The number of rotatable bonds is 3. The van der Waals surface area contributed by atoms with Gasteiger partial charge in [0, 0.05) is 18.6 Å². The molecule has 1 aromatic heterocycles. The normalized spacial score (nSPS) is 22.5. The molecule has 1 fully saturated rings. The highest BCUT2D eigenvalue weighted by Gasteiger charge is 2.28. The van der Waals surface area contributed by atoms with Crippen LogP contribution in [0, 0.1) is 5.82 Å². The number of halogens is 1. The zero-order valence-corrected chi connectivity index (χ0v) is 10.4. The molecule has 0 aliphatic carbocycles. The summed E-state index contributed by atoms with van der Waals surface area (Å²) in [5.74, 6) is 0.252. The van der Waals surface area contributed by atoms with Crippen molar-refractivity contribution in [1.82, 2.24) is 15.3 Å². The Hall–Kier alpha value is -1.23. The van der Waals surface area contributed by atoms with Crippen molar-refractivity contribution in [3.63, 3.8) is 0 Å². The van der Waals surface area contributed by atoms with Crippen molar-refractivity contribution in [2.24, 2.45) is 0 Å². The minimum atomic E-state index is -0.385. The molecule has 1 aliphatic heterocycles. The van der Waals surface area contributed by atoms with E-state index in [9.17, 15) is 4.39 Å². The highest BCUT2D eigenvalue weighted by molar-refractivity contribution is 5.32. The molecule has 17 heavy (non-hydrogen) atoms. The van der Waals surface area contributed by atoms with E-state index in [1.807, 2.05) is 7.05 Å². The Morgan fingerprint density at radius 2 is 2.12 bits per heavy atom. The molecule has 2 unspecified atom stereocenters. The molecule has 0 bridgehead atoms. The third-order valence-electron chi connectivity index (χ3n) is 3.45. The van der Waals surface area contributed by atoms with Crippen LogP contribution in [0.5, 0.6) is 0 Å².